The van der Waals surface area contributed by atoms with Crippen molar-refractivity contribution in [3.63, 3.8) is 0 Å². The molecule has 1 N–H and O–H groups in total. The molecule has 1 aromatic heterocycles. The fourth-order valence-corrected chi connectivity index (χ4v) is 2.37. The first-order valence-electron chi connectivity index (χ1n) is 6.90. The van der Waals surface area contributed by atoms with Gasteiger partial charge in [-0.15, -0.1) is 5.10 Å². The first-order valence-corrected chi connectivity index (χ1v) is 7.28. The van der Waals surface area contributed by atoms with Crippen LogP contribution in [0.1, 0.15) is 16.7 Å². The number of carbonyl (C=O) groups excluding carboxylic acids is 1. The third-order valence-electron chi connectivity index (χ3n) is 3.61. The Bertz CT molecular complexity index is 856. The lowest BCUT2D eigenvalue weighted by Crippen LogP contribution is -2.28. The first kappa shape index (κ1) is 14.5. The molecule has 0 saturated heterocycles. The zero-order valence-electron chi connectivity index (χ0n) is 12.3. The molecule has 5 nitrogen and oxygen atoms in total. The molecular weight excluding hydrogens is 300 g/mol. The van der Waals surface area contributed by atoms with E-state index in [1.54, 1.807) is 18.2 Å². The van der Waals surface area contributed by atoms with Crippen LogP contribution in [0.5, 0.6) is 0 Å². The number of hydrogen-bond acceptors (Lipinski definition) is 3. The predicted molar refractivity (Wildman–Crippen MR) is 86.1 cm³/mol. The lowest BCUT2D eigenvalue weighted by atomic mass is 10.1. The van der Waals surface area contributed by atoms with Gasteiger partial charge in [0.25, 0.3) is 0 Å². The van der Waals surface area contributed by atoms with Gasteiger partial charge in [0.05, 0.1) is 0 Å². The molecule has 3 aromatic rings. The molecule has 0 unspecified atom stereocenters. The topological polar surface area (TPSA) is 59.8 Å². The fourth-order valence-electron chi connectivity index (χ4n) is 2.21. The van der Waals surface area contributed by atoms with Crippen LogP contribution in [-0.4, -0.2) is 21.0 Å². The van der Waals surface area contributed by atoms with E-state index in [1.807, 2.05) is 19.1 Å². The van der Waals surface area contributed by atoms with Gasteiger partial charge in [-0.25, -0.2) is 4.79 Å². The van der Waals surface area contributed by atoms with Crippen LogP contribution >= 0.6 is 11.6 Å². The highest BCUT2D eigenvalue weighted by Gasteiger charge is 2.12. The summed E-state index contributed by atoms with van der Waals surface area (Å²) in [4.78, 5) is 12.3. The molecule has 0 saturated carbocycles. The minimum Gasteiger partial charge on any atom is -0.332 e. The van der Waals surface area contributed by atoms with Crippen molar-refractivity contribution < 1.29 is 4.79 Å². The van der Waals surface area contributed by atoms with E-state index >= 15 is 0 Å². The molecule has 0 radical (unpaired) electrons. The lowest BCUT2D eigenvalue weighted by molar-refractivity contribution is 0.239. The van der Waals surface area contributed by atoms with Gasteiger partial charge in [0, 0.05) is 11.6 Å². The molecule has 0 fully saturated rings. The van der Waals surface area contributed by atoms with Crippen molar-refractivity contribution >= 4 is 28.7 Å². The molecular formula is C16H15ClN4O. The van der Waals surface area contributed by atoms with Gasteiger partial charge in [-0.3, -0.25) is 0 Å². The normalized spacial score (nSPS) is 10.9. The molecule has 0 aliphatic heterocycles. The van der Waals surface area contributed by atoms with Crippen LogP contribution < -0.4 is 5.32 Å². The van der Waals surface area contributed by atoms with Crippen LogP contribution in [-0.2, 0) is 6.54 Å². The van der Waals surface area contributed by atoms with Gasteiger partial charge < -0.3 is 5.32 Å². The summed E-state index contributed by atoms with van der Waals surface area (Å²) in [6.07, 6.45) is 0. The Morgan fingerprint density at radius 3 is 2.77 bits per heavy atom. The Labute approximate surface area is 132 Å². The van der Waals surface area contributed by atoms with Crippen molar-refractivity contribution in [1.82, 2.24) is 20.3 Å². The van der Waals surface area contributed by atoms with E-state index in [0.29, 0.717) is 22.6 Å². The molecule has 0 spiro atoms. The molecule has 112 valence electrons. The highest BCUT2D eigenvalue weighted by atomic mass is 35.5. The Morgan fingerprint density at radius 1 is 1.18 bits per heavy atom. The Morgan fingerprint density at radius 2 is 2.00 bits per heavy atom. The van der Waals surface area contributed by atoms with Crippen molar-refractivity contribution in [1.29, 1.82) is 0 Å². The summed E-state index contributed by atoms with van der Waals surface area (Å²) >= 11 is 5.96. The van der Waals surface area contributed by atoms with Crippen molar-refractivity contribution in [2.24, 2.45) is 0 Å². The van der Waals surface area contributed by atoms with Crippen LogP contribution in [0.3, 0.4) is 0 Å². The Kier molecular flexibility index (Phi) is 3.81. The minimum absolute atomic E-state index is 0.331. The monoisotopic (exact) mass is 314 g/mol. The van der Waals surface area contributed by atoms with Crippen LogP contribution in [0, 0.1) is 13.8 Å². The van der Waals surface area contributed by atoms with E-state index in [4.69, 9.17) is 11.6 Å². The quantitative estimate of drug-likeness (QED) is 0.788. The highest BCUT2D eigenvalue weighted by molar-refractivity contribution is 6.31. The van der Waals surface area contributed by atoms with E-state index < -0.39 is 0 Å². The average Bonchev–Trinajstić information content (AvgIpc) is 2.91. The number of aromatic nitrogens is 3. The molecule has 2 aromatic carbocycles. The molecule has 3 rings (SSSR count). The number of nitrogens with zero attached hydrogens (tertiary/aromatic N) is 3. The van der Waals surface area contributed by atoms with E-state index in [-0.39, 0.29) is 6.03 Å². The lowest BCUT2D eigenvalue weighted by Gasteiger charge is -2.07. The maximum absolute atomic E-state index is 12.3. The summed E-state index contributed by atoms with van der Waals surface area (Å²) in [5.41, 5.74) is 4.69. The standard InChI is InChI=1S/C16H15ClN4O/c1-10-3-4-12(7-11(10)2)9-18-16(22)21-15-8-13(17)5-6-14(15)19-20-21/h3-8H,9H2,1-2H3,(H,18,22). The number of rotatable bonds is 2. The number of fused-ring (bicyclic) bond motifs is 1. The van der Waals surface area contributed by atoms with E-state index in [9.17, 15) is 4.79 Å². The zero-order chi connectivity index (χ0) is 15.7. The summed E-state index contributed by atoms with van der Waals surface area (Å²) < 4.78 is 1.22. The van der Waals surface area contributed by atoms with E-state index in [2.05, 4.69) is 28.6 Å². The number of nitrogens with one attached hydrogen (secondary N) is 1. The van der Waals surface area contributed by atoms with Crippen LogP contribution in [0.2, 0.25) is 5.02 Å². The van der Waals surface area contributed by atoms with Gasteiger partial charge in [-0.1, -0.05) is 35.0 Å². The SMILES string of the molecule is Cc1ccc(CNC(=O)n2nnc3ccc(Cl)cc32)cc1C. The fraction of sp³-hybridized carbons (Fsp3) is 0.188. The van der Waals surface area contributed by atoms with E-state index in [0.717, 1.165) is 5.56 Å². The minimum atomic E-state index is -0.331. The summed E-state index contributed by atoms with van der Waals surface area (Å²) in [6.45, 7) is 4.54. The summed E-state index contributed by atoms with van der Waals surface area (Å²) in [7, 11) is 0. The van der Waals surface area contributed by atoms with Crippen LogP contribution in [0.15, 0.2) is 36.4 Å². The molecule has 0 aliphatic carbocycles. The largest absolute Gasteiger partial charge is 0.344 e. The van der Waals surface area contributed by atoms with Crippen molar-refractivity contribution in [2.45, 2.75) is 20.4 Å². The summed E-state index contributed by atoms with van der Waals surface area (Å²) in [6, 6.07) is 10.9. The number of carbonyl (C=O) groups is 1. The second-order valence-corrected chi connectivity index (χ2v) is 5.65. The second kappa shape index (κ2) is 5.77. The van der Waals surface area contributed by atoms with Gasteiger partial charge in [-0.2, -0.15) is 4.68 Å². The van der Waals surface area contributed by atoms with Gasteiger partial charge in [0.15, 0.2) is 0 Å². The van der Waals surface area contributed by atoms with Crippen molar-refractivity contribution in [3.05, 3.63) is 58.1 Å². The average molecular weight is 315 g/mol. The molecule has 1 amide bonds. The van der Waals surface area contributed by atoms with Crippen LogP contribution in [0.4, 0.5) is 4.79 Å². The molecule has 1 heterocycles. The number of halogens is 1. The second-order valence-electron chi connectivity index (χ2n) is 5.21. The molecule has 0 atom stereocenters. The van der Waals surface area contributed by atoms with Gasteiger partial charge in [0.2, 0.25) is 0 Å². The van der Waals surface area contributed by atoms with Crippen molar-refractivity contribution in [2.75, 3.05) is 0 Å². The van der Waals surface area contributed by atoms with Gasteiger partial charge in [-0.05, 0) is 48.7 Å². The maximum Gasteiger partial charge on any atom is 0.344 e. The molecule has 22 heavy (non-hydrogen) atoms. The van der Waals surface area contributed by atoms with Crippen LogP contribution in [0.25, 0.3) is 11.0 Å². The first-order chi connectivity index (χ1) is 10.5. The highest BCUT2D eigenvalue weighted by Crippen LogP contribution is 2.17. The van der Waals surface area contributed by atoms with Crippen molar-refractivity contribution in [3.8, 4) is 0 Å². The molecule has 0 bridgehead atoms. The third-order valence-corrected chi connectivity index (χ3v) is 3.85. The molecule has 0 aliphatic rings. The Balaban J connectivity index is 1.78. The number of aryl methyl sites for hydroxylation is 2. The number of hydrogen-bond donors (Lipinski definition) is 1. The van der Waals surface area contributed by atoms with Gasteiger partial charge in [0.1, 0.15) is 11.0 Å². The maximum atomic E-state index is 12.3. The smallest absolute Gasteiger partial charge is 0.332 e. The number of benzene rings is 2. The number of amides is 1. The predicted octanol–water partition coefficient (Wildman–Crippen LogP) is 3.46. The third kappa shape index (κ3) is 2.80. The zero-order valence-corrected chi connectivity index (χ0v) is 13.1. The Hall–Kier alpha value is -2.40. The van der Waals surface area contributed by atoms with Gasteiger partial charge >= 0.3 is 6.03 Å². The summed E-state index contributed by atoms with van der Waals surface area (Å²) in [5, 5.41) is 11.2. The molecule has 6 heteroatoms. The summed E-state index contributed by atoms with van der Waals surface area (Å²) in [5.74, 6) is 0. The van der Waals surface area contributed by atoms with E-state index in [1.165, 1.54) is 15.8 Å².